The second-order valence-electron chi connectivity index (χ2n) is 8.17. The highest BCUT2D eigenvalue weighted by molar-refractivity contribution is 7.10. The highest BCUT2D eigenvalue weighted by atomic mass is 35.5. The van der Waals surface area contributed by atoms with Crippen molar-refractivity contribution in [1.82, 2.24) is 9.80 Å². The van der Waals surface area contributed by atoms with Crippen molar-refractivity contribution in [2.24, 2.45) is 5.92 Å². The zero-order valence-corrected chi connectivity index (χ0v) is 19.5. The molecule has 1 atom stereocenters. The van der Waals surface area contributed by atoms with Gasteiger partial charge in [-0.1, -0.05) is 23.7 Å². The van der Waals surface area contributed by atoms with Crippen LogP contribution in [0.5, 0.6) is 0 Å². The van der Waals surface area contributed by atoms with E-state index in [9.17, 15) is 9.59 Å². The van der Waals surface area contributed by atoms with E-state index >= 15 is 0 Å². The third-order valence-corrected chi connectivity index (χ3v) is 7.21. The summed E-state index contributed by atoms with van der Waals surface area (Å²) < 4.78 is 5.43. The summed E-state index contributed by atoms with van der Waals surface area (Å²) in [5, 5.41) is 2.77. The van der Waals surface area contributed by atoms with E-state index in [4.69, 9.17) is 16.3 Å². The van der Waals surface area contributed by atoms with Gasteiger partial charge in [0.15, 0.2) is 0 Å². The Kier molecular flexibility index (Phi) is 7.31. The van der Waals surface area contributed by atoms with Gasteiger partial charge in [-0.15, -0.1) is 11.3 Å². The van der Waals surface area contributed by atoms with E-state index in [0.717, 1.165) is 31.2 Å². The second kappa shape index (κ2) is 10.2. The van der Waals surface area contributed by atoms with Gasteiger partial charge >= 0.3 is 0 Å². The molecule has 4 rings (SSSR count). The number of hydrogen-bond acceptors (Lipinski definition) is 4. The molecule has 0 N–H and O–H groups in total. The van der Waals surface area contributed by atoms with Crippen LogP contribution in [0.2, 0.25) is 5.02 Å². The predicted octanol–water partition coefficient (Wildman–Crippen LogP) is 4.54. The van der Waals surface area contributed by atoms with Crippen LogP contribution in [0.15, 0.2) is 35.7 Å². The lowest BCUT2D eigenvalue weighted by atomic mass is 9.93. The maximum absolute atomic E-state index is 13.5. The molecule has 31 heavy (non-hydrogen) atoms. The van der Waals surface area contributed by atoms with Gasteiger partial charge in [-0.25, -0.2) is 0 Å². The van der Waals surface area contributed by atoms with Crippen LogP contribution in [0.3, 0.4) is 0 Å². The van der Waals surface area contributed by atoms with Gasteiger partial charge in [0.05, 0.1) is 12.6 Å². The first-order valence-corrected chi connectivity index (χ1v) is 12.3. The Hall–Kier alpha value is -1.89. The molecule has 1 saturated carbocycles. The van der Waals surface area contributed by atoms with E-state index < -0.39 is 0 Å². The molecule has 0 bridgehead atoms. The lowest BCUT2D eigenvalue weighted by Crippen LogP contribution is -2.47. The molecule has 0 spiro atoms. The van der Waals surface area contributed by atoms with E-state index in [1.165, 1.54) is 10.4 Å². The van der Waals surface area contributed by atoms with Crippen molar-refractivity contribution >= 4 is 34.8 Å². The normalized spacial score (nSPS) is 18.0. The van der Waals surface area contributed by atoms with Crippen LogP contribution in [0.1, 0.15) is 48.2 Å². The number of thiophene rings is 1. The van der Waals surface area contributed by atoms with Crippen molar-refractivity contribution in [3.05, 3.63) is 56.7 Å². The topological polar surface area (TPSA) is 49.9 Å². The van der Waals surface area contributed by atoms with Crippen molar-refractivity contribution in [2.75, 3.05) is 32.8 Å². The Balaban J connectivity index is 1.53. The van der Waals surface area contributed by atoms with Crippen molar-refractivity contribution in [1.29, 1.82) is 0 Å². The molecule has 1 unspecified atom stereocenters. The van der Waals surface area contributed by atoms with E-state index in [0.29, 0.717) is 31.3 Å². The van der Waals surface area contributed by atoms with Crippen LogP contribution in [-0.4, -0.2) is 54.5 Å². The van der Waals surface area contributed by atoms with Crippen molar-refractivity contribution < 1.29 is 14.3 Å². The molecule has 0 saturated heterocycles. The summed E-state index contributed by atoms with van der Waals surface area (Å²) in [5.74, 6) is 0.208. The molecule has 2 heterocycles. The van der Waals surface area contributed by atoms with Gasteiger partial charge in [0.25, 0.3) is 0 Å². The Bertz CT molecular complexity index is 910. The lowest BCUT2D eigenvalue weighted by molar-refractivity contribution is -0.142. The Morgan fingerprint density at radius 1 is 1.23 bits per heavy atom. The third kappa shape index (κ3) is 5.30. The monoisotopic (exact) mass is 460 g/mol. The Morgan fingerprint density at radius 2 is 2.00 bits per heavy atom. The zero-order chi connectivity index (χ0) is 21.8. The minimum Gasteiger partial charge on any atom is -0.382 e. The Labute approximate surface area is 192 Å². The molecule has 2 aliphatic rings. The summed E-state index contributed by atoms with van der Waals surface area (Å²) in [6.07, 6.45) is 3.47. The number of hydrogen-bond donors (Lipinski definition) is 0. The third-order valence-electron chi connectivity index (χ3n) is 5.96. The molecule has 2 aromatic rings. The quantitative estimate of drug-likeness (QED) is 0.516. The van der Waals surface area contributed by atoms with Crippen molar-refractivity contribution in [3.63, 3.8) is 0 Å². The summed E-state index contributed by atoms with van der Waals surface area (Å²) in [7, 11) is 0. The molecule has 2 amide bonds. The minimum absolute atomic E-state index is 0.00205. The maximum atomic E-state index is 13.5. The van der Waals surface area contributed by atoms with Crippen LogP contribution < -0.4 is 0 Å². The number of benzene rings is 1. The molecule has 1 aliphatic heterocycles. The van der Waals surface area contributed by atoms with Crippen LogP contribution in [0, 0.1) is 5.92 Å². The maximum Gasteiger partial charge on any atom is 0.242 e. The molecule has 1 fully saturated rings. The van der Waals surface area contributed by atoms with E-state index in [1.54, 1.807) is 16.2 Å². The van der Waals surface area contributed by atoms with Gasteiger partial charge in [0.2, 0.25) is 11.8 Å². The second-order valence-corrected chi connectivity index (χ2v) is 9.61. The summed E-state index contributed by atoms with van der Waals surface area (Å²) in [6, 6.07) is 9.72. The van der Waals surface area contributed by atoms with Gasteiger partial charge in [-0.05, 0) is 67.3 Å². The number of fused-ring (bicyclic) bond motifs is 1. The highest BCUT2D eigenvalue weighted by Gasteiger charge is 2.37. The average Bonchev–Trinajstić information content (AvgIpc) is 3.52. The van der Waals surface area contributed by atoms with Crippen LogP contribution >= 0.6 is 22.9 Å². The molecular formula is C24H29ClN2O3S. The number of halogens is 1. The molecule has 1 aliphatic carbocycles. The first-order valence-electron chi connectivity index (χ1n) is 11.1. The number of rotatable bonds is 9. The molecule has 1 aromatic heterocycles. The predicted molar refractivity (Wildman–Crippen MR) is 123 cm³/mol. The van der Waals surface area contributed by atoms with Gasteiger partial charge in [0.1, 0.15) is 0 Å². The molecule has 5 nitrogen and oxygen atoms in total. The molecule has 1 aromatic carbocycles. The Morgan fingerprint density at radius 3 is 2.71 bits per heavy atom. The summed E-state index contributed by atoms with van der Waals surface area (Å²) >= 11 is 7.85. The van der Waals surface area contributed by atoms with Gasteiger partial charge in [0, 0.05) is 42.1 Å². The zero-order valence-electron chi connectivity index (χ0n) is 17.9. The van der Waals surface area contributed by atoms with Gasteiger partial charge in [-0.3, -0.25) is 9.59 Å². The SMILES string of the molecule is CCOCCCN(CC(=O)N1CCc2sccc2C1c1ccc(Cl)cc1)C(=O)C1CC1. The van der Waals surface area contributed by atoms with Gasteiger partial charge < -0.3 is 14.5 Å². The number of carbonyl (C=O) groups excluding carboxylic acids is 2. The molecule has 166 valence electrons. The number of amides is 2. The molecular weight excluding hydrogens is 432 g/mol. The minimum atomic E-state index is -0.138. The number of nitrogens with zero attached hydrogens (tertiary/aromatic N) is 2. The van der Waals surface area contributed by atoms with Crippen LogP contribution in [0.4, 0.5) is 0 Å². The average molecular weight is 461 g/mol. The highest BCUT2D eigenvalue weighted by Crippen LogP contribution is 2.38. The first kappa shape index (κ1) is 22.3. The largest absolute Gasteiger partial charge is 0.382 e. The first-order chi connectivity index (χ1) is 15.1. The van der Waals surface area contributed by atoms with E-state index in [1.807, 2.05) is 36.1 Å². The van der Waals surface area contributed by atoms with E-state index in [2.05, 4.69) is 11.4 Å². The fourth-order valence-corrected chi connectivity index (χ4v) is 5.23. The molecule has 0 radical (unpaired) electrons. The fraction of sp³-hybridized carbons (Fsp3) is 0.500. The summed E-state index contributed by atoms with van der Waals surface area (Å²) in [5.41, 5.74) is 2.23. The number of carbonyl (C=O) groups is 2. The lowest BCUT2D eigenvalue weighted by Gasteiger charge is -2.37. The smallest absolute Gasteiger partial charge is 0.242 e. The number of ether oxygens (including phenoxy) is 1. The van der Waals surface area contributed by atoms with Crippen molar-refractivity contribution in [3.8, 4) is 0 Å². The van der Waals surface area contributed by atoms with Crippen LogP contribution in [0.25, 0.3) is 0 Å². The molecule has 7 heteroatoms. The fourth-order valence-electron chi connectivity index (χ4n) is 4.20. The van der Waals surface area contributed by atoms with Gasteiger partial charge in [-0.2, -0.15) is 0 Å². The van der Waals surface area contributed by atoms with Crippen molar-refractivity contribution in [2.45, 2.75) is 38.6 Å². The van der Waals surface area contributed by atoms with E-state index in [-0.39, 0.29) is 30.3 Å². The summed E-state index contributed by atoms with van der Waals surface area (Å²) in [4.78, 5) is 31.4. The van der Waals surface area contributed by atoms with Crippen LogP contribution in [-0.2, 0) is 20.7 Å². The standard InChI is InChI=1S/C24H29ClN2O3S/c1-2-30-14-3-12-26(24(29)18-4-5-18)16-22(28)27-13-10-21-20(11-15-31-21)23(27)17-6-8-19(25)9-7-17/h6-9,11,15,18,23H,2-5,10,12-14,16H2,1H3. The summed E-state index contributed by atoms with van der Waals surface area (Å²) in [6.45, 7) is 4.57.